The lowest BCUT2D eigenvalue weighted by Gasteiger charge is -2.21. The Morgan fingerprint density at radius 2 is 1.00 bits per heavy atom. The first-order valence-electron chi connectivity index (χ1n) is 7.45. The second-order valence-electron chi connectivity index (χ2n) is 5.72. The van der Waals surface area contributed by atoms with Gasteiger partial charge in [-0.1, -0.05) is 0 Å². The smallest absolute Gasteiger partial charge is 0.0104 e. The molecule has 0 bridgehead atoms. The summed E-state index contributed by atoms with van der Waals surface area (Å²) in [6.45, 7) is 9.55. The molecule has 4 nitrogen and oxygen atoms in total. The van der Waals surface area contributed by atoms with Crippen molar-refractivity contribution >= 4 is 0 Å². The largest absolute Gasteiger partial charge is 0.315 e. The van der Waals surface area contributed by atoms with Gasteiger partial charge in [0, 0.05) is 13.1 Å². The van der Waals surface area contributed by atoms with Gasteiger partial charge in [0.15, 0.2) is 0 Å². The molecule has 0 saturated carbocycles. The first-order valence-corrected chi connectivity index (χ1v) is 7.45. The van der Waals surface area contributed by atoms with E-state index in [1.165, 1.54) is 58.5 Å². The molecule has 1 aliphatic heterocycles. The molecule has 0 aromatic rings. The van der Waals surface area contributed by atoms with E-state index in [0.29, 0.717) is 0 Å². The highest BCUT2D eigenvalue weighted by Gasteiger charge is 2.04. The molecule has 0 radical (unpaired) electrons. The van der Waals surface area contributed by atoms with Crippen LogP contribution in [-0.2, 0) is 0 Å². The maximum absolute atomic E-state index is 3.54. The predicted molar refractivity (Wildman–Crippen MR) is 79.2 cm³/mol. The second-order valence-corrected chi connectivity index (χ2v) is 5.72. The van der Waals surface area contributed by atoms with Crippen LogP contribution in [0, 0.1) is 0 Å². The molecular formula is C14H32N4. The van der Waals surface area contributed by atoms with E-state index >= 15 is 0 Å². The molecule has 1 aliphatic rings. The molecule has 1 fully saturated rings. The van der Waals surface area contributed by atoms with Crippen molar-refractivity contribution in [1.29, 1.82) is 0 Å². The Bertz CT molecular complexity index is 178. The number of hydrogen-bond acceptors (Lipinski definition) is 4. The summed E-state index contributed by atoms with van der Waals surface area (Å²) in [4.78, 5) is 7.37. The van der Waals surface area contributed by atoms with Gasteiger partial charge in [0.2, 0.25) is 0 Å². The van der Waals surface area contributed by atoms with E-state index in [0.717, 1.165) is 13.1 Å². The minimum atomic E-state index is 1.12. The van der Waals surface area contributed by atoms with E-state index in [1.54, 1.807) is 0 Å². The zero-order valence-electron chi connectivity index (χ0n) is 12.6. The highest BCUT2D eigenvalue weighted by molar-refractivity contribution is 4.61. The van der Waals surface area contributed by atoms with Gasteiger partial charge in [0.25, 0.3) is 0 Å². The Balaban J connectivity index is 2.28. The maximum Gasteiger partial charge on any atom is 0.0104 e. The average molecular weight is 256 g/mol. The summed E-state index contributed by atoms with van der Waals surface area (Å²) in [6.07, 6.45) is 3.83. The lowest BCUT2D eigenvalue weighted by atomic mass is 10.3. The van der Waals surface area contributed by atoms with Gasteiger partial charge < -0.3 is 20.0 Å². The molecule has 0 aromatic carbocycles. The fraction of sp³-hybridized carbons (Fsp3) is 1.00. The van der Waals surface area contributed by atoms with Crippen LogP contribution < -0.4 is 5.32 Å². The molecule has 18 heavy (non-hydrogen) atoms. The van der Waals surface area contributed by atoms with Crippen molar-refractivity contribution in [3.05, 3.63) is 0 Å². The maximum atomic E-state index is 3.54. The Morgan fingerprint density at radius 3 is 1.56 bits per heavy atom. The summed E-state index contributed by atoms with van der Waals surface area (Å²) >= 11 is 0. The highest BCUT2D eigenvalue weighted by atomic mass is 15.1. The summed E-state index contributed by atoms with van der Waals surface area (Å²) in [7, 11) is 6.72. The molecule has 0 aliphatic carbocycles. The van der Waals surface area contributed by atoms with Gasteiger partial charge in [-0.05, 0) is 79.7 Å². The van der Waals surface area contributed by atoms with E-state index in [4.69, 9.17) is 0 Å². The Kier molecular flexibility index (Phi) is 8.59. The molecule has 1 saturated heterocycles. The predicted octanol–water partition coefficient (Wildman–Crippen LogP) is 0.555. The molecule has 1 heterocycles. The van der Waals surface area contributed by atoms with Gasteiger partial charge in [-0.3, -0.25) is 0 Å². The first kappa shape index (κ1) is 15.9. The van der Waals surface area contributed by atoms with Crippen LogP contribution in [0.5, 0.6) is 0 Å². The van der Waals surface area contributed by atoms with Gasteiger partial charge in [-0.15, -0.1) is 0 Å². The van der Waals surface area contributed by atoms with Crippen LogP contribution in [0.15, 0.2) is 0 Å². The zero-order valence-corrected chi connectivity index (χ0v) is 12.6. The molecule has 1 N–H and O–H groups in total. The van der Waals surface area contributed by atoms with Crippen LogP contribution in [0.3, 0.4) is 0 Å². The number of nitrogens with one attached hydrogen (secondary N) is 1. The normalized spacial score (nSPS) is 25.5. The van der Waals surface area contributed by atoms with Crippen molar-refractivity contribution in [1.82, 2.24) is 20.0 Å². The number of likely N-dealkylation sites (N-methyl/N-ethyl adjacent to an activating group) is 1. The standard InChI is InChI=1S/C14H32N4/c1-16-9-4-7-15-8-14-18(3)13-6-12-17(2)11-5-10-16/h15H,4-14H2,1-3H3. The molecule has 0 amide bonds. The Labute approximate surface area is 113 Å². The van der Waals surface area contributed by atoms with Crippen molar-refractivity contribution in [2.24, 2.45) is 0 Å². The van der Waals surface area contributed by atoms with Crippen molar-refractivity contribution in [2.45, 2.75) is 19.3 Å². The molecule has 0 aromatic heterocycles. The molecule has 0 spiro atoms. The highest BCUT2D eigenvalue weighted by Crippen LogP contribution is 1.96. The van der Waals surface area contributed by atoms with Crippen molar-refractivity contribution in [3.8, 4) is 0 Å². The quantitative estimate of drug-likeness (QED) is 0.683. The fourth-order valence-electron chi connectivity index (χ4n) is 2.43. The number of hydrogen-bond donors (Lipinski definition) is 1. The van der Waals surface area contributed by atoms with Crippen LogP contribution >= 0.6 is 0 Å². The molecule has 1 rings (SSSR count). The van der Waals surface area contributed by atoms with Crippen LogP contribution in [-0.4, -0.2) is 88.2 Å². The van der Waals surface area contributed by atoms with Crippen LogP contribution in [0.4, 0.5) is 0 Å². The summed E-state index contributed by atoms with van der Waals surface area (Å²) in [5.74, 6) is 0. The van der Waals surface area contributed by atoms with Crippen molar-refractivity contribution in [3.63, 3.8) is 0 Å². The minimum absolute atomic E-state index is 1.12. The lowest BCUT2D eigenvalue weighted by molar-refractivity contribution is 0.262. The van der Waals surface area contributed by atoms with Crippen molar-refractivity contribution in [2.75, 3.05) is 73.5 Å². The first-order chi connectivity index (χ1) is 8.68. The third-order valence-electron chi connectivity index (χ3n) is 3.72. The second kappa shape index (κ2) is 9.73. The van der Waals surface area contributed by atoms with Gasteiger partial charge in [0.05, 0.1) is 0 Å². The zero-order chi connectivity index (χ0) is 13.2. The third-order valence-corrected chi connectivity index (χ3v) is 3.72. The average Bonchev–Trinajstić information content (AvgIpc) is 2.33. The Hall–Kier alpha value is -0.160. The molecule has 108 valence electrons. The van der Waals surface area contributed by atoms with Crippen LogP contribution in [0.2, 0.25) is 0 Å². The van der Waals surface area contributed by atoms with E-state index in [1.807, 2.05) is 0 Å². The fourth-order valence-corrected chi connectivity index (χ4v) is 2.43. The van der Waals surface area contributed by atoms with E-state index < -0.39 is 0 Å². The SMILES string of the molecule is CN1CCCNCCN(C)CCCN(C)CCC1. The van der Waals surface area contributed by atoms with Crippen LogP contribution in [0.25, 0.3) is 0 Å². The summed E-state index contributed by atoms with van der Waals surface area (Å²) in [5.41, 5.74) is 0. The van der Waals surface area contributed by atoms with E-state index in [2.05, 4.69) is 41.2 Å². The van der Waals surface area contributed by atoms with E-state index in [-0.39, 0.29) is 0 Å². The van der Waals surface area contributed by atoms with Crippen molar-refractivity contribution < 1.29 is 0 Å². The Morgan fingerprint density at radius 1 is 0.556 bits per heavy atom. The van der Waals surface area contributed by atoms with Gasteiger partial charge in [0.1, 0.15) is 0 Å². The molecule has 0 unspecified atom stereocenters. The molecule has 0 atom stereocenters. The number of nitrogens with zero attached hydrogens (tertiary/aromatic N) is 3. The van der Waals surface area contributed by atoms with E-state index in [9.17, 15) is 0 Å². The van der Waals surface area contributed by atoms with Gasteiger partial charge in [-0.25, -0.2) is 0 Å². The lowest BCUT2D eigenvalue weighted by Crippen LogP contribution is -2.32. The monoisotopic (exact) mass is 256 g/mol. The minimum Gasteiger partial charge on any atom is -0.315 e. The molecular weight excluding hydrogens is 224 g/mol. The topological polar surface area (TPSA) is 21.8 Å². The van der Waals surface area contributed by atoms with Crippen LogP contribution in [0.1, 0.15) is 19.3 Å². The van der Waals surface area contributed by atoms with Gasteiger partial charge in [-0.2, -0.15) is 0 Å². The number of rotatable bonds is 0. The molecule has 4 heteroatoms. The summed E-state index contributed by atoms with van der Waals surface area (Å²) in [5, 5.41) is 3.54. The van der Waals surface area contributed by atoms with Gasteiger partial charge >= 0.3 is 0 Å². The summed E-state index contributed by atoms with van der Waals surface area (Å²) in [6, 6.07) is 0. The third kappa shape index (κ3) is 8.03. The summed E-state index contributed by atoms with van der Waals surface area (Å²) < 4.78 is 0.